The number of esters is 2. The Morgan fingerprint density at radius 2 is 1.44 bits per heavy atom. The second-order valence-electron chi connectivity index (χ2n) is 6.41. The van der Waals surface area contributed by atoms with Crippen LogP contribution in [0, 0.1) is 11.8 Å². The first-order chi connectivity index (χ1) is 12.5. The molecule has 0 radical (unpaired) electrons. The molecule has 0 bridgehead atoms. The summed E-state index contributed by atoms with van der Waals surface area (Å²) in [7, 11) is 0. The Kier molecular flexibility index (Phi) is 9.93. The minimum atomic E-state index is -2.07. The molecule has 27 heavy (non-hydrogen) atoms. The zero-order valence-corrected chi connectivity index (χ0v) is 16.7. The fraction of sp³-hybridized carbons (Fsp3) is 0.667. The van der Waals surface area contributed by atoms with Gasteiger partial charge < -0.3 is 24.8 Å². The monoisotopic (exact) mass is 384 g/mol. The average Bonchev–Trinajstić information content (AvgIpc) is 2.51. The van der Waals surface area contributed by atoms with Crippen LogP contribution in [0.3, 0.4) is 0 Å². The number of carbonyl (C=O) groups is 4. The van der Waals surface area contributed by atoms with E-state index in [0.29, 0.717) is 0 Å². The van der Waals surface area contributed by atoms with Crippen LogP contribution in [-0.4, -0.2) is 54.8 Å². The Bertz CT molecular complexity index is 593. The van der Waals surface area contributed by atoms with Crippen molar-refractivity contribution in [1.29, 1.82) is 0 Å². The fourth-order valence-corrected chi connectivity index (χ4v) is 1.87. The van der Waals surface area contributed by atoms with Gasteiger partial charge in [-0.25, -0.2) is 14.4 Å². The Balaban J connectivity index is 5.25. The van der Waals surface area contributed by atoms with E-state index in [1.54, 1.807) is 34.6 Å². The third kappa shape index (κ3) is 8.94. The van der Waals surface area contributed by atoms with Gasteiger partial charge >= 0.3 is 18.0 Å². The van der Waals surface area contributed by atoms with Gasteiger partial charge in [0.05, 0.1) is 26.2 Å². The molecule has 0 aromatic carbocycles. The molecule has 0 spiro atoms. The third-order valence-electron chi connectivity index (χ3n) is 2.84. The number of carbonyl (C=O) groups excluding carboxylic acids is 4. The first-order valence-electron chi connectivity index (χ1n) is 8.54. The van der Waals surface area contributed by atoms with Crippen LogP contribution >= 0.6 is 0 Å². The number of hydrogen-bond donors (Lipinski definition) is 2. The molecule has 2 amide bonds. The fourth-order valence-electron chi connectivity index (χ4n) is 1.87. The summed E-state index contributed by atoms with van der Waals surface area (Å²) in [5.74, 6) is 2.64. The summed E-state index contributed by atoms with van der Waals surface area (Å²) in [4.78, 5) is 47.8. The van der Waals surface area contributed by atoms with Crippen molar-refractivity contribution in [3.63, 3.8) is 0 Å². The minimum absolute atomic E-state index is 0.00714. The second kappa shape index (κ2) is 11.1. The summed E-state index contributed by atoms with van der Waals surface area (Å²) in [6, 6.07) is 0. The molecular weight excluding hydrogens is 356 g/mol. The summed E-state index contributed by atoms with van der Waals surface area (Å²) in [5.41, 5.74) is -2.72. The van der Waals surface area contributed by atoms with Gasteiger partial charge in [-0.3, -0.25) is 4.79 Å². The zero-order chi connectivity index (χ0) is 21.1. The molecule has 0 aromatic rings. The second-order valence-corrected chi connectivity index (χ2v) is 6.41. The molecule has 0 saturated heterocycles. The van der Waals surface area contributed by atoms with Gasteiger partial charge in [-0.05, 0) is 34.6 Å². The summed E-state index contributed by atoms with van der Waals surface area (Å²) < 4.78 is 14.9. The van der Waals surface area contributed by atoms with E-state index in [0.717, 1.165) is 6.92 Å². The maximum absolute atomic E-state index is 12.4. The number of nitrogens with one attached hydrogen (secondary N) is 2. The molecule has 0 heterocycles. The van der Waals surface area contributed by atoms with Crippen molar-refractivity contribution in [2.24, 2.45) is 0 Å². The van der Waals surface area contributed by atoms with Crippen LogP contribution in [0.15, 0.2) is 0 Å². The van der Waals surface area contributed by atoms with Gasteiger partial charge in [0.25, 0.3) is 0 Å². The van der Waals surface area contributed by atoms with Gasteiger partial charge in [-0.1, -0.05) is 11.8 Å². The molecular formula is C18H28N2O7. The molecule has 9 heteroatoms. The zero-order valence-electron chi connectivity index (χ0n) is 16.7. The lowest BCUT2D eigenvalue weighted by atomic mass is 9.95. The van der Waals surface area contributed by atoms with E-state index in [4.69, 9.17) is 14.2 Å². The van der Waals surface area contributed by atoms with Gasteiger partial charge in [0.1, 0.15) is 5.60 Å². The van der Waals surface area contributed by atoms with Crippen molar-refractivity contribution < 1.29 is 33.4 Å². The lowest BCUT2D eigenvalue weighted by Crippen LogP contribution is -2.61. The Hall–Kier alpha value is -2.76. The quantitative estimate of drug-likeness (QED) is 0.290. The molecule has 0 atom stereocenters. The number of rotatable bonds is 7. The third-order valence-corrected chi connectivity index (χ3v) is 2.84. The van der Waals surface area contributed by atoms with Gasteiger partial charge in [-0.15, -0.1) is 0 Å². The summed E-state index contributed by atoms with van der Waals surface area (Å²) in [5, 5.41) is 4.71. The van der Waals surface area contributed by atoms with Gasteiger partial charge in [0.15, 0.2) is 0 Å². The lowest BCUT2D eigenvalue weighted by Gasteiger charge is -2.27. The summed E-state index contributed by atoms with van der Waals surface area (Å²) in [6.07, 6.45) is -1.03. The standard InChI is InChI=1S/C18H28N2O7/c1-7-25-14(22)18(20-13(3)21,15(23)26-8-2)11-9-10-12-19-16(24)27-17(4,5)6/h7-8,11-12H2,1-6H3,(H,19,24)(H,20,21). The highest BCUT2D eigenvalue weighted by Crippen LogP contribution is 2.16. The van der Waals surface area contributed by atoms with E-state index in [9.17, 15) is 19.2 Å². The maximum atomic E-state index is 12.4. The highest BCUT2D eigenvalue weighted by molar-refractivity contribution is 6.08. The van der Waals surface area contributed by atoms with Gasteiger partial charge in [-0.2, -0.15) is 0 Å². The molecule has 0 aliphatic heterocycles. The molecule has 152 valence electrons. The van der Waals surface area contributed by atoms with Crippen LogP contribution in [0.4, 0.5) is 4.79 Å². The predicted molar refractivity (Wildman–Crippen MR) is 96.4 cm³/mol. The topological polar surface area (TPSA) is 120 Å². The summed E-state index contributed by atoms with van der Waals surface area (Å²) >= 11 is 0. The van der Waals surface area contributed by atoms with E-state index < -0.39 is 35.1 Å². The molecule has 0 saturated carbocycles. The first kappa shape index (κ1) is 24.2. The van der Waals surface area contributed by atoms with Crippen molar-refractivity contribution >= 4 is 23.9 Å². The van der Waals surface area contributed by atoms with Crippen LogP contribution in [0.2, 0.25) is 0 Å². The normalized spacial score (nSPS) is 10.7. The number of ether oxygens (including phenoxy) is 3. The summed E-state index contributed by atoms with van der Waals surface area (Å²) in [6.45, 7) is 9.40. The highest BCUT2D eigenvalue weighted by atomic mass is 16.6. The van der Waals surface area contributed by atoms with Crippen LogP contribution in [0.5, 0.6) is 0 Å². The maximum Gasteiger partial charge on any atom is 0.408 e. The van der Waals surface area contributed by atoms with E-state index in [1.807, 2.05) is 0 Å². The molecule has 0 aromatic heterocycles. The van der Waals surface area contributed by atoms with E-state index in [2.05, 4.69) is 22.5 Å². The van der Waals surface area contributed by atoms with E-state index >= 15 is 0 Å². The predicted octanol–water partition coefficient (Wildman–Crippen LogP) is 0.906. The van der Waals surface area contributed by atoms with Gasteiger partial charge in [0.2, 0.25) is 11.4 Å². The van der Waals surface area contributed by atoms with Crippen molar-refractivity contribution in [2.75, 3.05) is 19.8 Å². The van der Waals surface area contributed by atoms with Crippen molar-refractivity contribution in [1.82, 2.24) is 10.6 Å². The Labute approximate surface area is 159 Å². The Morgan fingerprint density at radius 3 is 1.85 bits per heavy atom. The minimum Gasteiger partial charge on any atom is -0.464 e. The van der Waals surface area contributed by atoms with Crippen molar-refractivity contribution in [2.45, 2.75) is 59.1 Å². The van der Waals surface area contributed by atoms with Crippen LogP contribution in [0.25, 0.3) is 0 Å². The number of alkyl carbamates (subject to hydrolysis) is 1. The average molecular weight is 384 g/mol. The largest absolute Gasteiger partial charge is 0.464 e. The first-order valence-corrected chi connectivity index (χ1v) is 8.54. The molecule has 2 N–H and O–H groups in total. The van der Waals surface area contributed by atoms with E-state index in [1.165, 1.54) is 0 Å². The van der Waals surface area contributed by atoms with Crippen molar-refractivity contribution in [3.05, 3.63) is 0 Å². The highest BCUT2D eigenvalue weighted by Gasteiger charge is 2.49. The Morgan fingerprint density at radius 1 is 0.926 bits per heavy atom. The van der Waals surface area contributed by atoms with Crippen molar-refractivity contribution in [3.8, 4) is 11.8 Å². The van der Waals surface area contributed by atoms with Crippen LogP contribution in [-0.2, 0) is 28.6 Å². The van der Waals surface area contributed by atoms with Crippen LogP contribution in [0.1, 0.15) is 48.0 Å². The molecule has 0 fully saturated rings. The smallest absolute Gasteiger partial charge is 0.408 e. The lowest BCUT2D eigenvalue weighted by molar-refractivity contribution is -0.167. The molecule has 0 aliphatic carbocycles. The molecule has 0 rings (SSSR count). The van der Waals surface area contributed by atoms with Crippen LogP contribution < -0.4 is 10.6 Å². The molecule has 0 unspecified atom stereocenters. The SMILES string of the molecule is CCOC(=O)C(CC#CCNC(=O)OC(C)(C)C)(NC(C)=O)C(=O)OCC. The molecule has 9 nitrogen and oxygen atoms in total. The number of amides is 2. The van der Waals surface area contributed by atoms with E-state index in [-0.39, 0.29) is 26.2 Å². The van der Waals surface area contributed by atoms with Gasteiger partial charge in [0, 0.05) is 6.92 Å². The molecule has 0 aliphatic rings. The number of hydrogen-bond acceptors (Lipinski definition) is 7.